The van der Waals surface area contributed by atoms with Crippen molar-refractivity contribution in [3.8, 4) is 0 Å². The largest absolute Gasteiger partial charge is 0.323 e. The van der Waals surface area contributed by atoms with Crippen LogP contribution in [0.1, 0.15) is 50.3 Å². The Bertz CT molecular complexity index is 386. The van der Waals surface area contributed by atoms with Gasteiger partial charge in [0.15, 0.2) is 0 Å². The molecule has 0 saturated carbocycles. The summed E-state index contributed by atoms with van der Waals surface area (Å²) in [6.07, 6.45) is 1.16. The van der Waals surface area contributed by atoms with Gasteiger partial charge in [0.05, 0.1) is 0 Å². The molecular formula is C15H24N2. The van der Waals surface area contributed by atoms with Crippen molar-refractivity contribution in [2.45, 2.75) is 51.2 Å². The third kappa shape index (κ3) is 2.24. The summed E-state index contributed by atoms with van der Waals surface area (Å²) in [6.45, 7) is 6.78. The van der Waals surface area contributed by atoms with Crippen LogP contribution in [-0.4, -0.2) is 24.0 Å². The molecule has 0 heterocycles. The number of benzene rings is 1. The molecule has 0 radical (unpaired) electrons. The molecule has 2 N–H and O–H groups in total. The highest BCUT2D eigenvalue weighted by Gasteiger charge is 2.33. The van der Waals surface area contributed by atoms with Crippen molar-refractivity contribution in [3.05, 3.63) is 35.4 Å². The van der Waals surface area contributed by atoms with E-state index >= 15 is 0 Å². The van der Waals surface area contributed by atoms with E-state index in [4.69, 9.17) is 5.73 Å². The van der Waals surface area contributed by atoms with Gasteiger partial charge in [-0.1, -0.05) is 31.2 Å². The predicted molar refractivity (Wildman–Crippen MR) is 73.1 cm³/mol. The fourth-order valence-corrected chi connectivity index (χ4v) is 2.91. The second-order valence-corrected chi connectivity index (χ2v) is 5.62. The first-order chi connectivity index (χ1) is 8.02. The van der Waals surface area contributed by atoms with Gasteiger partial charge < -0.3 is 5.73 Å². The van der Waals surface area contributed by atoms with E-state index in [0.717, 1.165) is 6.42 Å². The number of rotatable bonds is 2. The van der Waals surface area contributed by atoms with Gasteiger partial charge in [-0.25, -0.2) is 0 Å². The molecule has 0 bridgehead atoms. The lowest BCUT2D eigenvalue weighted by Gasteiger charge is -2.41. The van der Waals surface area contributed by atoms with E-state index in [1.807, 2.05) is 0 Å². The Hall–Kier alpha value is -0.860. The van der Waals surface area contributed by atoms with Gasteiger partial charge in [0.25, 0.3) is 0 Å². The summed E-state index contributed by atoms with van der Waals surface area (Å²) in [4.78, 5) is 2.41. The molecule has 1 aromatic rings. The van der Waals surface area contributed by atoms with Crippen LogP contribution in [-0.2, 0) is 0 Å². The minimum Gasteiger partial charge on any atom is -0.323 e. The number of fused-ring (bicyclic) bond motifs is 1. The maximum Gasteiger partial charge on any atom is 0.0456 e. The Kier molecular flexibility index (Phi) is 3.55. The molecule has 3 unspecified atom stereocenters. The van der Waals surface area contributed by atoms with Crippen molar-refractivity contribution in [1.82, 2.24) is 4.90 Å². The number of likely N-dealkylation sites (N-methyl/N-ethyl adjacent to an activating group) is 1. The number of hydrogen-bond acceptors (Lipinski definition) is 2. The molecule has 0 saturated heterocycles. The van der Waals surface area contributed by atoms with Gasteiger partial charge >= 0.3 is 0 Å². The number of nitrogens with zero attached hydrogens (tertiary/aromatic N) is 1. The van der Waals surface area contributed by atoms with Crippen LogP contribution >= 0.6 is 0 Å². The van der Waals surface area contributed by atoms with Crippen molar-refractivity contribution in [2.75, 3.05) is 7.05 Å². The van der Waals surface area contributed by atoms with Crippen LogP contribution < -0.4 is 5.73 Å². The van der Waals surface area contributed by atoms with E-state index in [1.165, 1.54) is 11.1 Å². The van der Waals surface area contributed by atoms with E-state index in [2.05, 4.69) is 57.0 Å². The third-order valence-corrected chi connectivity index (χ3v) is 4.23. The summed E-state index contributed by atoms with van der Waals surface area (Å²) in [7, 11) is 2.19. The molecule has 2 rings (SSSR count). The Balaban J connectivity index is 2.32. The lowest BCUT2D eigenvalue weighted by Crippen LogP contribution is -2.46. The van der Waals surface area contributed by atoms with Crippen molar-refractivity contribution in [3.63, 3.8) is 0 Å². The van der Waals surface area contributed by atoms with Gasteiger partial charge in [-0.3, -0.25) is 4.90 Å². The summed E-state index contributed by atoms with van der Waals surface area (Å²) >= 11 is 0. The predicted octanol–water partition coefficient (Wildman–Crippen LogP) is 2.90. The van der Waals surface area contributed by atoms with Gasteiger partial charge in [-0.2, -0.15) is 0 Å². The van der Waals surface area contributed by atoms with Gasteiger partial charge in [0.1, 0.15) is 0 Å². The van der Waals surface area contributed by atoms with Crippen LogP contribution in [0.2, 0.25) is 0 Å². The fraction of sp³-hybridized carbons (Fsp3) is 0.600. The first-order valence-corrected chi connectivity index (χ1v) is 6.58. The molecular weight excluding hydrogens is 208 g/mol. The van der Waals surface area contributed by atoms with Crippen LogP contribution in [0.3, 0.4) is 0 Å². The van der Waals surface area contributed by atoms with Crippen molar-refractivity contribution < 1.29 is 0 Å². The minimum atomic E-state index is 0.148. The molecule has 3 atom stereocenters. The second-order valence-electron chi connectivity index (χ2n) is 5.62. The van der Waals surface area contributed by atoms with Gasteiger partial charge in [0.2, 0.25) is 0 Å². The van der Waals surface area contributed by atoms with E-state index < -0.39 is 0 Å². The molecule has 0 fully saturated rings. The van der Waals surface area contributed by atoms with Crippen LogP contribution in [0.5, 0.6) is 0 Å². The molecule has 2 nitrogen and oxygen atoms in total. The van der Waals surface area contributed by atoms with E-state index in [-0.39, 0.29) is 6.04 Å². The molecule has 0 aromatic heterocycles. The number of hydrogen-bond donors (Lipinski definition) is 1. The maximum absolute atomic E-state index is 6.45. The molecule has 0 amide bonds. The Morgan fingerprint density at radius 1 is 1.24 bits per heavy atom. The first kappa shape index (κ1) is 12.6. The highest BCUT2D eigenvalue weighted by Crippen LogP contribution is 2.38. The highest BCUT2D eigenvalue weighted by molar-refractivity contribution is 5.36. The standard InChI is InChI=1S/C15H24N2/c1-10(2)17(4)14-9-11(3)12-7-5-6-8-13(12)15(14)16/h5-8,10-11,14-15H,9,16H2,1-4H3. The van der Waals surface area contributed by atoms with Crippen LogP contribution in [0, 0.1) is 0 Å². The van der Waals surface area contributed by atoms with E-state index in [0.29, 0.717) is 18.0 Å². The van der Waals surface area contributed by atoms with Gasteiger partial charge in [-0.05, 0) is 44.4 Å². The molecule has 94 valence electrons. The third-order valence-electron chi connectivity index (χ3n) is 4.23. The summed E-state index contributed by atoms with van der Waals surface area (Å²) in [6, 6.07) is 9.79. The zero-order chi connectivity index (χ0) is 12.6. The lowest BCUT2D eigenvalue weighted by molar-refractivity contribution is 0.146. The molecule has 17 heavy (non-hydrogen) atoms. The summed E-state index contributed by atoms with van der Waals surface area (Å²) in [5.41, 5.74) is 9.23. The SMILES string of the molecule is CC1CC(N(C)C(C)C)C(N)c2ccccc21. The van der Waals surface area contributed by atoms with Crippen LogP contribution in [0.4, 0.5) is 0 Å². The zero-order valence-electron chi connectivity index (χ0n) is 11.4. The Morgan fingerprint density at radius 2 is 1.82 bits per heavy atom. The van der Waals surface area contributed by atoms with Crippen LogP contribution in [0.25, 0.3) is 0 Å². The highest BCUT2D eigenvalue weighted by atomic mass is 15.2. The maximum atomic E-state index is 6.45. The monoisotopic (exact) mass is 232 g/mol. The van der Waals surface area contributed by atoms with E-state index in [1.54, 1.807) is 0 Å². The summed E-state index contributed by atoms with van der Waals surface area (Å²) in [5, 5.41) is 0. The van der Waals surface area contributed by atoms with Gasteiger partial charge in [0, 0.05) is 18.1 Å². The fourth-order valence-electron chi connectivity index (χ4n) is 2.91. The lowest BCUT2D eigenvalue weighted by atomic mass is 9.77. The Labute approximate surface area is 105 Å². The minimum absolute atomic E-state index is 0.148. The topological polar surface area (TPSA) is 29.3 Å². The number of nitrogens with two attached hydrogens (primary N) is 1. The molecule has 0 spiro atoms. The molecule has 0 aliphatic heterocycles. The normalized spacial score (nSPS) is 28.5. The molecule has 1 aliphatic rings. The summed E-state index contributed by atoms with van der Waals surface area (Å²) < 4.78 is 0. The quantitative estimate of drug-likeness (QED) is 0.849. The first-order valence-electron chi connectivity index (χ1n) is 6.58. The van der Waals surface area contributed by atoms with Gasteiger partial charge in [-0.15, -0.1) is 0 Å². The van der Waals surface area contributed by atoms with E-state index in [9.17, 15) is 0 Å². The Morgan fingerprint density at radius 3 is 2.41 bits per heavy atom. The summed E-state index contributed by atoms with van der Waals surface area (Å²) in [5.74, 6) is 0.609. The average Bonchev–Trinajstić information content (AvgIpc) is 2.33. The van der Waals surface area contributed by atoms with Crippen molar-refractivity contribution in [2.24, 2.45) is 5.73 Å². The second kappa shape index (κ2) is 4.79. The average molecular weight is 232 g/mol. The zero-order valence-corrected chi connectivity index (χ0v) is 11.4. The van der Waals surface area contributed by atoms with Crippen molar-refractivity contribution in [1.29, 1.82) is 0 Å². The molecule has 1 aliphatic carbocycles. The molecule has 1 aromatic carbocycles. The molecule has 2 heteroatoms. The smallest absolute Gasteiger partial charge is 0.0456 e. The van der Waals surface area contributed by atoms with Crippen molar-refractivity contribution >= 4 is 0 Å². The van der Waals surface area contributed by atoms with Crippen LogP contribution in [0.15, 0.2) is 24.3 Å².